The zero-order valence-corrected chi connectivity index (χ0v) is 12.9. The number of ether oxygens (including phenoxy) is 2. The molecule has 1 atom stereocenters. The zero-order valence-electron chi connectivity index (χ0n) is 12.9. The van der Waals surface area contributed by atoms with Crippen LogP contribution in [-0.4, -0.2) is 19.7 Å². The zero-order chi connectivity index (χ0) is 15.2. The molecule has 3 heteroatoms. The number of benzene rings is 2. The molecule has 0 aliphatic heterocycles. The van der Waals surface area contributed by atoms with Crippen LogP contribution in [0.1, 0.15) is 38.2 Å². The highest BCUT2D eigenvalue weighted by molar-refractivity contribution is 5.86. The third-order valence-electron chi connectivity index (χ3n) is 3.67. The maximum Gasteiger partial charge on any atom is 0.313 e. The van der Waals surface area contributed by atoms with Gasteiger partial charge >= 0.3 is 5.97 Å². The first-order chi connectivity index (χ1) is 10.2. The molecule has 0 aliphatic carbocycles. The van der Waals surface area contributed by atoms with Gasteiger partial charge in [0, 0.05) is 0 Å². The quantitative estimate of drug-likeness (QED) is 0.587. The van der Waals surface area contributed by atoms with Crippen molar-refractivity contribution in [1.82, 2.24) is 0 Å². The van der Waals surface area contributed by atoms with Crippen molar-refractivity contribution in [3.8, 4) is 5.75 Å². The fourth-order valence-corrected chi connectivity index (χ4v) is 2.22. The molecule has 0 aromatic heterocycles. The lowest BCUT2D eigenvalue weighted by molar-refractivity contribution is -0.145. The van der Waals surface area contributed by atoms with E-state index in [1.165, 1.54) is 0 Å². The van der Waals surface area contributed by atoms with Gasteiger partial charge in [0.2, 0.25) is 0 Å². The van der Waals surface area contributed by atoms with Gasteiger partial charge in [0.15, 0.2) is 0 Å². The molecule has 0 fully saturated rings. The van der Waals surface area contributed by atoms with E-state index < -0.39 is 0 Å². The molecule has 2 aromatic rings. The van der Waals surface area contributed by atoms with E-state index in [9.17, 15) is 4.79 Å². The molecule has 2 rings (SSSR count). The van der Waals surface area contributed by atoms with E-state index in [1.54, 1.807) is 7.11 Å². The Morgan fingerprint density at radius 1 is 1.14 bits per heavy atom. The number of unbranched alkanes of at least 4 members (excludes halogenated alkanes) is 1. The Bertz CT molecular complexity index is 619. The second-order valence-corrected chi connectivity index (χ2v) is 5.22. The van der Waals surface area contributed by atoms with Gasteiger partial charge in [0.05, 0.1) is 19.6 Å². The average Bonchev–Trinajstić information content (AvgIpc) is 2.53. The molecule has 21 heavy (non-hydrogen) atoms. The first-order valence-electron chi connectivity index (χ1n) is 7.40. The SMILES string of the molecule is CCCCOC(=O)[C@H](C)c1ccc2cc(OC)ccc2c1. The summed E-state index contributed by atoms with van der Waals surface area (Å²) in [6.45, 7) is 4.47. The number of fused-ring (bicyclic) bond motifs is 1. The average molecular weight is 286 g/mol. The Hall–Kier alpha value is -2.03. The second kappa shape index (κ2) is 7.11. The highest BCUT2D eigenvalue weighted by atomic mass is 16.5. The predicted molar refractivity (Wildman–Crippen MR) is 84.8 cm³/mol. The van der Waals surface area contributed by atoms with Gasteiger partial charge < -0.3 is 9.47 Å². The minimum absolute atomic E-state index is 0.156. The van der Waals surface area contributed by atoms with E-state index in [0.29, 0.717) is 6.61 Å². The monoisotopic (exact) mass is 286 g/mol. The highest BCUT2D eigenvalue weighted by Gasteiger charge is 2.16. The third-order valence-corrected chi connectivity index (χ3v) is 3.67. The molecule has 3 nitrogen and oxygen atoms in total. The molecule has 0 unspecified atom stereocenters. The summed E-state index contributed by atoms with van der Waals surface area (Å²) in [6, 6.07) is 12.0. The Balaban J connectivity index is 2.16. The topological polar surface area (TPSA) is 35.5 Å². The highest BCUT2D eigenvalue weighted by Crippen LogP contribution is 2.25. The Morgan fingerprint density at radius 2 is 1.86 bits per heavy atom. The molecule has 0 saturated carbocycles. The maximum absolute atomic E-state index is 12.0. The van der Waals surface area contributed by atoms with Gasteiger partial charge in [-0.2, -0.15) is 0 Å². The summed E-state index contributed by atoms with van der Waals surface area (Å²) in [5.41, 5.74) is 0.981. The Labute approximate surface area is 125 Å². The van der Waals surface area contributed by atoms with Crippen LogP contribution in [0.15, 0.2) is 36.4 Å². The van der Waals surface area contributed by atoms with E-state index >= 15 is 0 Å². The van der Waals surface area contributed by atoms with Crippen molar-refractivity contribution < 1.29 is 14.3 Å². The molecule has 0 saturated heterocycles. The van der Waals surface area contributed by atoms with Crippen LogP contribution in [0.3, 0.4) is 0 Å². The van der Waals surface area contributed by atoms with Crippen LogP contribution in [-0.2, 0) is 9.53 Å². The lowest BCUT2D eigenvalue weighted by Crippen LogP contribution is -2.13. The number of carbonyl (C=O) groups excluding carboxylic acids is 1. The second-order valence-electron chi connectivity index (χ2n) is 5.22. The van der Waals surface area contributed by atoms with E-state index in [4.69, 9.17) is 9.47 Å². The van der Waals surface area contributed by atoms with Crippen molar-refractivity contribution >= 4 is 16.7 Å². The third kappa shape index (κ3) is 3.75. The predicted octanol–water partition coefficient (Wildman–Crippen LogP) is 4.30. The van der Waals surface area contributed by atoms with E-state index in [2.05, 4.69) is 6.92 Å². The fraction of sp³-hybridized carbons (Fsp3) is 0.389. The molecule has 0 bridgehead atoms. The molecular weight excluding hydrogens is 264 g/mol. The number of hydrogen-bond acceptors (Lipinski definition) is 3. The van der Waals surface area contributed by atoms with Crippen molar-refractivity contribution in [2.45, 2.75) is 32.6 Å². The number of esters is 1. The van der Waals surface area contributed by atoms with Crippen molar-refractivity contribution in [1.29, 1.82) is 0 Å². The smallest absolute Gasteiger partial charge is 0.313 e. The van der Waals surface area contributed by atoms with Crippen molar-refractivity contribution in [2.24, 2.45) is 0 Å². The first-order valence-corrected chi connectivity index (χ1v) is 7.40. The molecule has 0 spiro atoms. The molecule has 0 radical (unpaired) electrons. The summed E-state index contributed by atoms with van der Waals surface area (Å²) < 4.78 is 10.5. The van der Waals surface area contributed by atoms with Gasteiger partial charge in [-0.3, -0.25) is 4.79 Å². The van der Waals surface area contributed by atoms with E-state index in [1.807, 2.05) is 43.3 Å². The van der Waals surface area contributed by atoms with Crippen molar-refractivity contribution in [2.75, 3.05) is 13.7 Å². The molecule has 0 N–H and O–H groups in total. The Kier molecular flexibility index (Phi) is 5.20. The number of carbonyl (C=O) groups is 1. The number of hydrogen-bond donors (Lipinski definition) is 0. The summed E-state index contributed by atoms with van der Waals surface area (Å²) in [5, 5.41) is 2.20. The van der Waals surface area contributed by atoms with E-state index in [-0.39, 0.29) is 11.9 Å². The van der Waals surface area contributed by atoms with Crippen LogP contribution in [0.4, 0.5) is 0 Å². The minimum atomic E-state index is -0.242. The van der Waals surface area contributed by atoms with Gasteiger partial charge in [-0.15, -0.1) is 0 Å². The van der Waals surface area contributed by atoms with Crippen LogP contribution < -0.4 is 4.74 Å². The normalized spacial score (nSPS) is 12.1. The molecule has 0 amide bonds. The maximum atomic E-state index is 12.0. The van der Waals surface area contributed by atoms with Gasteiger partial charge in [-0.25, -0.2) is 0 Å². The largest absolute Gasteiger partial charge is 0.497 e. The lowest BCUT2D eigenvalue weighted by atomic mass is 9.98. The van der Waals surface area contributed by atoms with Crippen LogP contribution in [0.25, 0.3) is 10.8 Å². The van der Waals surface area contributed by atoms with Gasteiger partial charge in [-0.05, 0) is 41.8 Å². The van der Waals surface area contributed by atoms with Crippen LogP contribution in [0.5, 0.6) is 5.75 Å². The molecule has 2 aromatic carbocycles. The molecule has 112 valence electrons. The van der Waals surface area contributed by atoms with Gasteiger partial charge in [-0.1, -0.05) is 37.6 Å². The summed E-state index contributed by atoms with van der Waals surface area (Å²) in [4.78, 5) is 12.0. The Morgan fingerprint density at radius 3 is 2.57 bits per heavy atom. The summed E-state index contributed by atoms with van der Waals surface area (Å²) in [5.74, 6) is 0.437. The first kappa shape index (κ1) is 15.4. The van der Waals surface area contributed by atoms with E-state index in [0.717, 1.165) is 34.9 Å². The number of methoxy groups -OCH3 is 1. The van der Waals surface area contributed by atoms with Crippen LogP contribution in [0.2, 0.25) is 0 Å². The van der Waals surface area contributed by atoms with Crippen molar-refractivity contribution in [3.63, 3.8) is 0 Å². The summed E-state index contributed by atoms with van der Waals surface area (Å²) in [7, 11) is 1.66. The summed E-state index contributed by atoms with van der Waals surface area (Å²) in [6.07, 6.45) is 1.94. The molecular formula is C18H22O3. The van der Waals surface area contributed by atoms with Crippen LogP contribution >= 0.6 is 0 Å². The minimum Gasteiger partial charge on any atom is -0.497 e. The van der Waals surface area contributed by atoms with Gasteiger partial charge in [0.1, 0.15) is 5.75 Å². The standard InChI is InChI=1S/C18H22O3/c1-4-5-10-21-18(19)13(2)14-6-7-16-12-17(20-3)9-8-15(16)11-14/h6-9,11-13H,4-5,10H2,1-3H3/t13-/m1/s1. The lowest BCUT2D eigenvalue weighted by Gasteiger charge is -2.12. The van der Waals surface area contributed by atoms with Crippen LogP contribution in [0, 0.1) is 0 Å². The summed E-state index contributed by atoms with van der Waals surface area (Å²) >= 11 is 0. The molecule has 0 heterocycles. The number of rotatable bonds is 6. The van der Waals surface area contributed by atoms with Gasteiger partial charge in [0.25, 0.3) is 0 Å². The van der Waals surface area contributed by atoms with Crippen molar-refractivity contribution in [3.05, 3.63) is 42.0 Å². The fourth-order valence-electron chi connectivity index (χ4n) is 2.22. The molecule has 0 aliphatic rings.